The second kappa shape index (κ2) is 11.2. The lowest BCUT2D eigenvalue weighted by atomic mass is 9.70. The van der Waals surface area contributed by atoms with Crippen molar-refractivity contribution in [1.29, 1.82) is 0 Å². The second-order valence-corrected chi connectivity index (χ2v) is 13.0. The monoisotopic (exact) mass is 594 g/mol. The molecule has 7 atom stereocenters. The maximum atomic E-state index is 14.1. The van der Waals surface area contributed by atoms with E-state index in [4.69, 9.17) is 4.74 Å². The lowest BCUT2D eigenvalue weighted by Crippen LogP contribution is -2.58. The zero-order chi connectivity index (χ0) is 26.2. The van der Waals surface area contributed by atoms with Gasteiger partial charge in [0.05, 0.1) is 42.4 Å². The molecule has 0 saturated carbocycles. The van der Waals surface area contributed by atoms with Crippen molar-refractivity contribution in [2.75, 3.05) is 53.0 Å². The fourth-order valence-electron chi connectivity index (χ4n) is 6.62. The van der Waals surface area contributed by atoms with Crippen LogP contribution in [0, 0.1) is 11.8 Å². The Balaban J connectivity index is 1.44. The van der Waals surface area contributed by atoms with Crippen molar-refractivity contribution in [2.45, 2.75) is 39.7 Å². The Morgan fingerprint density at radius 1 is 1.24 bits per heavy atom. The molecule has 4 heterocycles. The Kier molecular flexibility index (Phi) is 8.16. The summed E-state index contributed by atoms with van der Waals surface area (Å²) in [4.78, 5) is 45.0. The molecule has 0 aromatic heterocycles. The molecule has 11 heteroatoms. The third-order valence-electron chi connectivity index (χ3n) is 8.27. The van der Waals surface area contributed by atoms with Gasteiger partial charge in [-0.15, -0.1) is 11.8 Å². The fraction of sp³-hybridized carbons (Fsp3) is 0.654. The number of alkyl halides is 1. The van der Waals surface area contributed by atoms with Crippen LogP contribution in [-0.4, -0.2) is 113 Å². The number of aliphatic hydroxyl groups is 1. The molecule has 3 N–H and O–H groups in total. The van der Waals surface area contributed by atoms with Crippen molar-refractivity contribution >= 4 is 45.4 Å². The summed E-state index contributed by atoms with van der Waals surface area (Å²) in [6.45, 7) is 3.94. The first-order valence-corrected chi connectivity index (χ1v) is 14.8. The average Bonchev–Trinajstić information content (AvgIpc) is 3.51. The van der Waals surface area contributed by atoms with E-state index in [2.05, 4.69) is 31.5 Å². The number of thioether (sulfide) groups is 1. The van der Waals surface area contributed by atoms with Crippen LogP contribution in [0.5, 0.6) is 0 Å². The van der Waals surface area contributed by atoms with Crippen LogP contribution in [-0.2, 0) is 25.5 Å². The number of hydrogen-bond acceptors (Lipinski definition) is 7. The number of hydrogen-bond donors (Lipinski definition) is 3. The van der Waals surface area contributed by atoms with E-state index in [1.165, 1.54) is 0 Å². The summed E-state index contributed by atoms with van der Waals surface area (Å²) >= 11 is 5.37. The fourth-order valence-corrected chi connectivity index (χ4v) is 10.2. The Labute approximate surface area is 230 Å². The molecule has 3 amide bonds. The third-order valence-corrected chi connectivity index (χ3v) is 11.5. The number of fused-ring (bicyclic) bond motifs is 1. The summed E-state index contributed by atoms with van der Waals surface area (Å²) in [5, 5.41) is 16.2. The predicted molar refractivity (Wildman–Crippen MR) is 144 cm³/mol. The van der Waals surface area contributed by atoms with Gasteiger partial charge in [0.15, 0.2) is 0 Å². The molecule has 2 bridgehead atoms. The van der Waals surface area contributed by atoms with Crippen molar-refractivity contribution in [2.24, 2.45) is 11.8 Å². The van der Waals surface area contributed by atoms with E-state index in [-0.39, 0.29) is 34.4 Å². The highest BCUT2D eigenvalue weighted by Crippen LogP contribution is 2.67. The lowest BCUT2D eigenvalue weighted by Gasteiger charge is -2.37. The molecule has 4 aliphatic rings. The van der Waals surface area contributed by atoms with Gasteiger partial charge in [0.25, 0.3) is 0 Å². The van der Waals surface area contributed by atoms with Crippen LogP contribution >= 0.6 is 27.7 Å². The van der Waals surface area contributed by atoms with Crippen molar-refractivity contribution < 1.29 is 24.2 Å². The highest BCUT2D eigenvalue weighted by molar-refractivity contribution is 9.09. The maximum absolute atomic E-state index is 14.1. The quantitative estimate of drug-likeness (QED) is 0.351. The Morgan fingerprint density at radius 3 is 2.65 bits per heavy atom. The van der Waals surface area contributed by atoms with E-state index in [0.717, 1.165) is 18.7 Å². The summed E-state index contributed by atoms with van der Waals surface area (Å²) in [7, 11) is 1.59. The van der Waals surface area contributed by atoms with Gasteiger partial charge in [0, 0.05) is 43.3 Å². The molecule has 1 aromatic carbocycles. The van der Waals surface area contributed by atoms with E-state index < -0.39 is 28.7 Å². The van der Waals surface area contributed by atoms with Crippen LogP contribution in [0.15, 0.2) is 30.3 Å². The number of nitrogens with zero attached hydrogens (tertiary/aromatic N) is 2. The summed E-state index contributed by atoms with van der Waals surface area (Å²) in [5.74, 6) is -1.70. The van der Waals surface area contributed by atoms with Crippen LogP contribution in [0.25, 0.3) is 0 Å². The summed E-state index contributed by atoms with van der Waals surface area (Å²) in [6, 6.07) is 8.36. The molecule has 4 saturated heterocycles. The summed E-state index contributed by atoms with van der Waals surface area (Å²) in [6.07, 6.45) is 1.05. The number of nitrogens with one attached hydrogen (secondary N) is 2. The van der Waals surface area contributed by atoms with Gasteiger partial charge in [-0.1, -0.05) is 46.3 Å². The SMILES string of the molecule is CNC(=O)[C@H]1[C@@H]2SC3(CC2Br)C(C(=O)NCCN2CCOCC2)N([C@@H](CO)Cc2ccccc2)C(=O)[C@H]13. The van der Waals surface area contributed by atoms with Crippen LogP contribution in [0.1, 0.15) is 12.0 Å². The van der Waals surface area contributed by atoms with E-state index in [1.807, 2.05) is 30.3 Å². The average molecular weight is 596 g/mol. The van der Waals surface area contributed by atoms with Crippen molar-refractivity contribution in [3.8, 4) is 0 Å². The molecule has 0 radical (unpaired) electrons. The third kappa shape index (κ3) is 4.82. The first-order valence-electron chi connectivity index (χ1n) is 13.0. The van der Waals surface area contributed by atoms with Gasteiger partial charge in [-0.05, 0) is 18.4 Å². The van der Waals surface area contributed by atoms with Crippen LogP contribution < -0.4 is 10.6 Å². The van der Waals surface area contributed by atoms with Gasteiger partial charge in [-0.25, -0.2) is 0 Å². The minimum absolute atomic E-state index is 0.0224. The van der Waals surface area contributed by atoms with E-state index in [1.54, 1.807) is 23.7 Å². The number of carbonyl (C=O) groups is 3. The summed E-state index contributed by atoms with van der Waals surface area (Å²) < 4.78 is 4.69. The van der Waals surface area contributed by atoms with Gasteiger partial charge in [-0.2, -0.15) is 0 Å². The molecule has 0 aliphatic carbocycles. The number of carbonyl (C=O) groups excluding carboxylic acids is 3. The largest absolute Gasteiger partial charge is 0.394 e. The first kappa shape index (κ1) is 26.9. The lowest BCUT2D eigenvalue weighted by molar-refractivity contribution is -0.142. The molecule has 1 aromatic rings. The minimum Gasteiger partial charge on any atom is -0.394 e. The van der Waals surface area contributed by atoms with Crippen LogP contribution in [0.4, 0.5) is 0 Å². The number of rotatable bonds is 9. The van der Waals surface area contributed by atoms with Gasteiger partial charge in [0.1, 0.15) is 6.04 Å². The number of amides is 3. The van der Waals surface area contributed by atoms with Crippen LogP contribution in [0.3, 0.4) is 0 Å². The normalized spacial score (nSPS) is 33.9. The Bertz CT molecular complexity index is 1010. The number of aliphatic hydroxyl groups excluding tert-OH is 1. The molecule has 9 nitrogen and oxygen atoms in total. The molecule has 1 spiro atoms. The highest BCUT2D eigenvalue weighted by atomic mass is 79.9. The molecular weight excluding hydrogens is 560 g/mol. The Morgan fingerprint density at radius 2 is 1.97 bits per heavy atom. The van der Waals surface area contributed by atoms with Crippen molar-refractivity contribution in [3.05, 3.63) is 35.9 Å². The molecule has 4 aliphatic heterocycles. The molecule has 202 valence electrons. The summed E-state index contributed by atoms with van der Waals surface area (Å²) in [5.41, 5.74) is 0.980. The first-order chi connectivity index (χ1) is 17.9. The number of ether oxygens (including phenoxy) is 1. The van der Waals surface area contributed by atoms with Gasteiger partial charge in [0.2, 0.25) is 17.7 Å². The number of morpholine rings is 1. The minimum atomic E-state index is -0.764. The van der Waals surface area contributed by atoms with Gasteiger partial charge in [-0.3, -0.25) is 19.3 Å². The number of benzene rings is 1. The van der Waals surface area contributed by atoms with Crippen molar-refractivity contribution in [3.63, 3.8) is 0 Å². The maximum Gasteiger partial charge on any atom is 0.244 e. The zero-order valence-electron chi connectivity index (χ0n) is 21.0. The van der Waals surface area contributed by atoms with Crippen molar-refractivity contribution in [1.82, 2.24) is 20.4 Å². The number of likely N-dealkylation sites (tertiary alicyclic amines) is 1. The zero-order valence-corrected chi connectivity index (χ0v) is 23.4. The smallest absolute Gasteiger partial charge is 0.244 e. The highest BCUT2D eigenvalue weighted by Gasteiger charge is 2.76. The van der Waals surface area contributed by atoms with E-state index in [9.17, 15) is 19.5 Å². The second-order valence-electron chi connectivity index (χ2n) is 10.3. The van der Waals surface area contributed by atoms with Gasteiger partial charge >= 0.3 is 0 Å². The standard InChI is InChI=1S/C26H35BrN4O5S/c1-28-23(33)19-20-25(35)31(17(15-32)13-16-5-3-2-4-6-16)22(26(20)14-18(27)21(19)37-26)24(34)29-7-8-30-9-11-36-12-10-30/h2-6,17-22,32H,7-15H2,1H3,(H,28,33)(H,29,34)/t17-,18?,19-,20+,21-,22?,26?/m1/s1. The van der Waals surface area contributed by atoms with E-state index in [0.29, 0.717) is 39.1 Å². The molecule has 37 heavy (non-hydrogen) atoms. The topological polar surface area (TPSA) is 111 Å². The molecule has 5 rings (SSSR count). The molecular formula is C26H35BrN4O5S. The predicted octanol–water partition coefficient (Wildman–Crippen LogP) is 0.249. The Hall–Kier alpha value is -1.66. The molecule has 3 unspecified atom stereocenters. The molecule has 4 fully saturated rings. The van der Waals surface area contributed by atoms with Gasteiger partial charge < -0.3 is 25.4 Å². The number of halogens is 1. The van der Waals surface area contributed by atoms with E-state index >= 15 is 0 Å². The van der Waals surface area contributed by atoms with Crippen LogP contribution in [0.2, 0.25) is 0 Å².